The molecule has 0 spiro atoms. The van der Waals surface area contributed by atoms with Crippen LogP contribution in [0.2, 0.25) is 0 Å². The van der Waals surface area contributed by atoms with Gasteiger partial charge in [0.2, 0.25) is 0 Å². The molecule has 0 aliphatic carbocycles. The highest BCUT2D eigenvalue weighted by Gasteiger charge is 2.41. The molecule has 0 aromatic heterocycles. The van der Waals surface area contributed by atoms with Crippen molar-refractivity contribution in [3.8, 4) is 28.7 Å². The fourth-order valence-electron chi connectivity index (χ4n) is 6.30. The van der Waals surface area contributed by atoms with Crippen LogP contribution in [0.15, 0.2) is 127 Å². The highest BCUT2D eigenvalue weighted by molar-refractivity contribution is 6.09. The number of ether oxygens (including phenoxy) is 1. The van der Waals surface area contributed by atoms with Gasteiger partial charge in [-0.2, -0.15) is 0 Å². The van der Waals surface area contributed by atoms with Gasteiger partial charge >= 0.3 is 0 Å². The van der Waals surface area contributed by atoms with Crippen molar-refractivity contribution in [2.75, 3.05) is 7.11 Å². The number of aliphatic hydroxyl groups is 1. The zero-order valence-corrected chi connectivity index (χ0v) is 25.9. The molecule has 2 heteroatoms. The van der Waals surface area contributed by atoms with Gasteiger partial charge < -0.3 is 9.84 Å². The molecule has 0 bridgehead atoms. The molecule has 0 amide bonds. The highest BCUT2D eigenvalue weighted by Crippen LogP contribution is 2.44. The zero-order chi connectivity index (χ0) is 30.7. The summed E-state index contributed by atoms with van der Waals surface area (Å²) in [5.74, 6) is 7.92. The first-order valence-corrected chi connectivity index (χ1v) is 15.3. The average molecular weight is 575 g/mol. The molecule has 0 aliphatic heterocycles. The lowest BCUT2D eigenvalue weighted by Crippen LogP contribution is -2.40. The Balaban J connectivity index is 1.46. The topological polar surface area (TPSA) is 29.5 Å². The first kappa shape index (κ1) is 29.2. The van der Waals surface area contributed by atoms with Crippen LogP contribution in [0.3, 0.4) is 0 Å². The largest absolute Gasteiger partial charge is 0.496 e. The predicted octanol–water partition coefficient (Wildman–Crippen LogP) is 9.93. The van der Waals surface area contributed by atoms with Crippen LogP contribution in [-0.4, -0.2) is 12.2 Å². The van der Waals surface area contributed by atoms with E-state index < -0.39 is 5.60 Å². The summed E-state index contributed by atoms with van der Waals surface area (Å²) in [4.78, 5) is 0. The van der Waals surface area contributed by atoms with Gasteiger partial charge in [-0.3, -0.25) is 0 Å². The van der Waals surface area contributed by atoms with E-state index in [1.165, 1.54) is 0 Å². The van der Waals surface area contributed by atoms with E-state index in [1.54, 1.807) is 7.11 Å². The molecule has 0 saturated heterocycles. The van der Waals surface area contributed by atoms with Crippen LogP contribution in [0.25, 0.3) is 32.7 Å². The first-order chi connectivity index (χ1) is 21.3. The molecule has 6 rings (SSSR count). The highest BCUT2D eigenvalue weighted by atomic mass is 16.5. The Labute approximate surface area is 261 Å². The van der Waals surface area contributed by atoms with E-state index in [2.05, 4.69) is 124 Å². The van der Waals surface area contributed by atoms with E-state index in [4.69, 9.17) is 4.74 Å². The molecular weight excluding hydrogens is 536 g/mol. The Morgan fingerprint density at radius 1 is 0.591 bits per heavy atom. The molecule has 0 fully saturated rings. The second-order valence-corrected chi connectivity index (χ2v) is 12.5. The Bertz CT molecular complexity index is 2000. The van der Waals surface area contributed by atoms with E-state index in [1.807, 2.05) is 36.4 Å². The van der Waals surface area contributed by atoms with Crippen molar-refractivity contribution < 1.29 is 9.84 Å². The summed E-state index contributed by atoms with van der Waals surface area (Å²) in [6.45, 7) is 6.32. The quantitative estimate of drug-likeness (QED) is 0.201. The van der Waals surface area contributed by atoms with E-state index in [-0.39, 0.29) is 5.41 Å². The smallest absolute Gasteiger partial charge is 0.127 e. The number of hydrogen-bond acceptors (Lipinski definition) is 2. The zero-order valence-electron chi connectivity index (χ0n) is 25.9. The third-order valence-electron chi connectivity index (χ3n) is 8.89. The van der Waals surface area contributed by atoms with Gasteiger partial charge in [-0.1, -0.05) is 142 Å². The number of methoxy groups -OCH3 is 1. The van der Waals surface area contributed by atoms with E-state index in [0.717, 1.165) is 60.7 Å². The third-order valence-corrected chi connectivity index (χ3v) is 8.89. The van der Waals surface area contributed by atoms with Crippen molar-refractivity contribution in [2.45, 2.75) is 39.2 Å². The van der Waals surface area contributed by atoms with Crippen LogP contribution in [0.4, 0.5) is 0 Å². The van der Waals surface area contributed by atoms with E-state index >= 15 is 0 Å². The Morgan fingerprint density at radius 2 is 1.16 bits per heavy atom. The normalized spacial score (nSPS) is 12.8. The molecule has 0 radical (unpaired) electrons. The molecule has 6 aromatic rings. The summed E-state index contributed by atoms with van der Waals surface area (Å²) in [5.41, 5.74) is 4.80. The molecular formula is C42H38O2. The second-order valence-electron chi connectivity index (χ2n) is 12.5. The molecule has 1 N–H and O–H groups in total. The minimum Gasteiger partial charge on any atom is -0.496 e. The van der Waals surface area contributed by atoms with Crippen molar-refractivity contribution in [3.05, 3.63) is 150 Å². The lowest BCUT2D eigenvalue weighted by molar-refractivity contribution is -0.0710. The van der Waals surface area contributed by atoms with Crippen molar-refractivity contribution in [1.29, 1.82) is 0 Å². The summed E-state index contributed by atoms with van der Waals surface area (Å²) >= 11 is 0. The number of benzene rings is 6. The summed E-state index contributed by atoms with van der Waals surface area (Å²) in [7, 11) is 1.73. The standard InChI is InChI=1S/C42H38O2/c1-41(2,3)42(43,35-18-6-5-7-19-35)29-28-31-15-9-8-14-30(31)22-24-34-25-23-32-16-10-12-20-36(32)39(34)40-37-21-13-11-17-33(37)26-27-38(40)44-4/h5-21,23,25-27,43H,28-29H2,1-4H3. The van der Waals surface area contributed by atoms with Crippen molar-refractivity contribution in [2.24, 2.45) is 5.41 Å². The predicted molar refractivity (Wildman–Crippen MR) is 184 cm³/mol. The minimum absolute atomic E-state index is 0.341. The number of hydrogen-bond donors (Lipinski definition) is 1. The van der Waals surface area contributed by atoms with Gasteiger partial charge in [0.25, 0.3) is 0 Å². The van der Waals surface area contributed by atoms with Gasteiger partial charge in [0, 0.05) is 22.3 Å². The molecule has 0 heterocycles. The number of aryl methyl sites for hydroxylation is 1. The Hall–Kier alpha value is -4.84. The van der Waals surface area contributed by atoms with Gasteiger partial charge in [-0.05, 0) is 69.1 Å². The van der Waals surface area contributed by atoms with Gasteiger partial charge in [-0.15, -0.1) is 0 Å². The Kier molecular flexibility index (Phi) is 8.00. The SMILES string of the molecule is COc1ccc2ccccc2c1-c1c(C#Cc2ccccc2CCC(O)(c2ccccc2)C(C)(C)C)ccc2ccccc12. The number of fused-ring (bicyclic) bond motifs is 2. The lowest BCUT2D eigenvalue weighted by atomic mass is 9.69. The second kappa shape index (κ2) is 12.0. The maximum absolute atomic E-state index is 12.0. The number of rotatable bonds is 6. The maximum atomic E-state index is 12.0. The fourth-order valence-corrected chi connectivity index (χ4v) is 6.30. The molecule has 2 nitrogen and oxygen atoms in total. The van der Waals surface area contributed by atoms with Crippen molar-refractivity contribution >= 4 is 21.5 Å². The van der Waals surface area contributed by atoms with Gasteiger partial charge in [0.15, 0.2) is 0 Å². The third kappa shape index (κ3) is 5.48. The van der Waals surface area contributed by atoms with Gasteiger partial charge in [0.1, 0.15) is 5.75 Å². The van der Waals surface area contributed by atoms with Crippen LogP contribution in [-0.2, 0) is 12.0 Å². The molecule has 44 heavy (non-hydrogen) atoms. The van der Waals surface area contributed by atoms with E-state index in [9.17, 15) is 5.11 Å². The van der Waals surface area contributed by atoms with Crippen molar-refractivity contribution in [1.82, 2.24) is 0 Å². The Morgan fingerprint density at radius 3 is 1.84 bits per heavy atom. The molecule has 218 valence electrons. The first-order valence-electron chi connectivity index (χ1n) is 15.3. The molecule has 1 unspecified atom stereocenters. The van der Waals surface area contributed by atoms with Crippen LogP contribution < -0.4 is 4.74 Å². The van der Waals surface area contributed by atoms with Crippen LogP contribution in [0, 0.1) is 17.3 Å². The molecule has 0 aliphatic rings. The fraction of sp³-hybridized carbons (Fsp3) is 0.190. The summed E-state index contributed by atoms with van der Waals surface area (Å²) in [6, 6.07) is 43.7. The average Bonchev–Trinajstić information content (AvgIpc) is 3.05. The summed E-state index contributed by atoms with van der Waals surface area (Å²) < 4.78 is 5.95. The van der Waals surface area contributed by atoms with Gasteiger partial charge in [0.05, 0.1) is 12.7 Å². The van der Waals surface area contributed by atoms with Gasteiger partial charge in [-0.25, -0.2) is 0 Å². The summed E-state index contributed by atoms with van der Waals surface area (Å²) in [5, 5.41) is 16.6. The maximum Gasteiger partial charge on any atom is 0.127 e. The molecule has 1 atom stereocenters. The van der Waals surface area contributed by atoms with E-state index in [0.29, 0.717) is 12.8 Å². The monoisotopic (exact) mass is 574 g/mol. The molecule has 0 saturated carbocycles. The van der Waals surface area contributed by atoms with Crippen LogP contribution in [0.5, 0.6) is 5.75 Å². The van der Waals surface area contributed by atoms with Crippen LogP contribution >= 0.6 is 0 Å². The van der Waals surface area contributed by atoms with Crippen LogP contribution in [0.1, 0.15) is 49.4 Å². The minimum atomic E-state index is -0.981. The lowest BCUT2D eigenvalue weighted by Gasteiger charge is -2.41. The molecule has 6 aromatic carbocycles. The van der Waals surface area contributed by atoms with Crippen molar-refractivity contribution in [3.63, 3.8) is 0 Å². The summed E-state index contributed by atoms with van der Waals surface area (Å²) in [6.07, 6.45) is 1.29.